The van der Waals surface area contributed by atoms with Crippen molar-refractivity contribution >= 4 is 118 Å². The number of hydrogen-bond donors (Lipinski definition) is 2. The molecule has 0 atom stereocenters. The maximum atomic E-state index is 12.6. The molecule has 8 aromatic carbocycles. The van der Waals surface area contributed by atoms with Crippen LogP contribution in [0.15, 0.2) is 208 Å². The third-order valence-electron chi connectivity index (χ3n) is 16.2. The number of phenolic OH excluding ortho intramolecular Hbond substituents is 1. The van der Waals surface area contributed by atoms with E-state index in [1.54, 1.807) is 65.9 Å². The number of nitriles is 2. The van der Waals surface area contributed by atoms with Crippen LogP contribution >= 0.6 is 58.9 Å². The van der Waals surface area contributed by atoms with Gasteiger partial charge in [0.1, 0.15) is 18.9 Å². The molecule has 550 valence electrons. The summed E-state index contributed by atoms with van der Waals surface area (Å²) in [5, 5.41) is 39.7. The molecular weight excluding hydrogens is 1540 g/mol. The van der Waals surface area contributed by atoms with Crippen LogP contribution in [0.4, 0.5) is 0 Å². The van der Waals surface area contributed by atoms with Gasteiger partial charge in [-0.05, 0) is 137 Å². The minimum atomic E-state index is -1.48. The number of rotatable bonds is 24. The van der Waals surface area contributed by atoms with Gasteiger partial charge in [-0.3, -0.25) is 0 Å². The van der Waals surface area contributed by atoms with Crippen molar-refractivity contribution in [2.75, 3.05) is 0 Å². The SMILES string of the molecule is Brc1ccc(Br)cc1.C.C.C.CCCCCC[Si](C)(C)Cl.CCCCCC[Si](C)(C)c1ccc(Br)cc1.CCCCCC[Si](C)(C)c1ccc(C(=O)Oc2ccc(-c3ccc(C#N)cc3)cc2)cc1.C[Si](C)(C)c1ccc(C(=O)O)cc1.N#Cc1ccc(-c2ccc(O)cc2)cc1.[CH2-]CCC.[Li+]. The van der Waals surface area contributed by atoms with Crippen molar-refractivity contribution in [1.29, 1.82) is 10.5 Å². The Bertz CT molecular complexity index is 3550. The van der Waals surface area contributed by atoms with Gasteiger partial charge in [-0.2, -0.15) is 28.0 Å². The topological polar surface area (TPSA) is 131 Å². The molecule has 0 fully saturated rings. The van der Waals surface area contributed by atoms with Crippen LogP contribution in [0.2, 0.25) is 77.1 Å². The Hall–Kier alpha value is -5.33. The van der Waals surface area contributed by atoms with Gasteiger partial charge in [0.25, 0.3) is 0 Å². The molecule has 8 aromatic rings. The second-order valence-corrected chi connectivity index (χ2v) is 51.8. The summed E-state index contributed by atoms with van der Waals surface area (Å²) in [5.41, 5.74) is 6.29. The van der Waals surface area contributed by atoms with Crippen LogP contribution in [0.1, 0.15) is 172 Å². The Morgan fingerprint density at radius 1 is 0.431 bits per heavy atom. The van der Waals surface area contributed by atoms with Gasteiger partial charge in [0, 0.05) is 13.4 Å². The maximum absolute atomic E-state index is 12.6. The van der Waals surface area contributed by atoms with Crippen molar-refractivity contribution in [1.82, 2.24) is 0 Å². The van der Waals surface area contributed by atoms with Gasteiger partial charge in [0.05, 0.1) is 58.6 Å². The maximum Gasteiger partial charge on any atom is 1.00 e. The molecule has 0 aliphatic rings. The molecule has 16 heteroatoms. The van der Waals surface area contributed by atoms with E-state index in [0.29, 0.717) is 28.0 Å². The van der Waals surface area contributed by atoms with Crippen LogP contribution in [0.5, 0.6) is 11.5 Å². The molecule has 0 aliphatic carbocycles. The van der Waals surface area contributed by atoms with Crippen LogP contribution in [-0.2, 0) is 0 Å². The third kappa shape index (κ3) is 43.2. The first-order chi connectivity index (χ1) is 46.4. The van der Waals surface area contributed by atoms with E-state index in [9.17, 15) is 9.59 Å². The van der Waals surface area contributed by atoms with E-state index >= 15 is 0 Å². The second-order valence-electron chi connectivity index (χ2n) is 27.3. The van der Waals surface area contributed by atoms with E-state index in [0.717, 1.165) is 37.6 Å². The van der Waals surface area contributed by atoms with E-state index in [2.05, 4.69) is 190 Å². The summed E-state index contributed by atoms with van der Waals surface area (Å²) in [6.45, 7) is 33.4. The van der Waals surface area contributed by atoms with Gasteiger partial charge in [0.2, 0.25) is 0 Å². The summed E-state index contributed by atoms with van der Waals surface area (Å²) >= 11 is 16.3. The molecular formula is C86H121Br3ClLiN2O5Si4. The van der Waals surface area contributed by atoms with Crippen LogP contribution in [0, 0.1) is 29.6 Å². The second kappa shape index (κ2) is 55.2. The number of carboxylic acid groups (broad SMARTS) is 1. The van der Waals surface area contributed by atoms with Crippen molar-refractivity contribution in [3.05, 3.63) is 237 Å². The fourth-order valence-electron chi connectivity index (χ4n) is 9.76. The van der Waals surface area contributed by atoms with Gasteiger partial charge in [-0.15, -0.1) is 0 Å². The minimum absolute atomic E-state index is 0. The summed E-state index contributed by atoms with van der Waals surface area (Å²) < 4.78 is 8.99. The first kappa shape index (κ1) is 101. The summed E-state index contributed by atoms with van der Waals surface area (Å²) in [6, 6.07) is 69.5. The average molecular weight is 1660 g/mol. The molecule has 8 rings (SSSR count). The molecule has 0 radical (unpaired) electrons. The zero-order valence-electron chi connectivity index (χ0n) is 61.7. The molecule has 0 heterocycles. The summed E-state index contributed by atoms with van der Waals surface area (Å²) in [6.07, 6.45) is 18.4. The molecule has 0 unspecified atom stereocenters. The molecule has 0 amide bonds. The largest absolute Gasteiger partial charge is 1.00 e. The first-order valence-electron chi connectivity index (χ1n) is 34.7. The van der Waals surface area contributed by atoms with Gasteiger partial charge < -0.3 is 21.9 Å². The van der Waals surface area contributed by atoms with Crippen molar-refractivity contribution in [2.24, 2.45) is 0 Å². The van der Waals surface area contributed by atoms with E-state index in [4.69, 9.17) is 36.6 Å². The number of benzene rings is 8. The van der Waals surface area contributed by atoms with Gasteiger partial charge in [0.15, 0.2) is 0 Å². The number of ether oxygens (including phenoxy) is 1. The number of aromatic hydroxyl groups is 1. The zero-order valence-corrected chi connectivity index (χ0v) is 71.2. The summed E-state index contributed by atoms with van der Waals surface area (Å²) in [7, 11) is -5.17. The number of esters is 1. The molecule has 7 nitrogen and oxygen atoms in total. The fraction of sp³-hybridized carbons (Fsp3) is 0.384. The Balaban J connectivity index is -0.00000120. The van der Waals surface area contributed by atoms with Crippen LogP contribution < -0.4 is 39.2 Å². The summed E-state index contributed by atoms with van der Waals surface area (Å²) in [5.74, 6) is -0.429. The molecule has 0 saturated heterocycles. The first-order valence-corrected chi connectivity index (χ1v) is 51.2. The van der Waals surface area contributed by atoms with Gasteiger partial charge in [-0.1, -0.05) is 353 Å². The predicted molar refractivity (Wildman–Crippen MR) is 463 cm³/mol. The zero-order chi connectivity index (χ0) is 73.2. The molecule has 0 aromatic heterocycles. The quantitative estimate of drug-likeness (QED) is 0.0154. The molecule has 0 saturated carbocycles. The Kier molecular flexibility index (Phi) is 54.5. The van der Waals surface area contributed by atoms with Crippen LogP contribution in [0.3, 0.4) is 0 Å². The number of unbranched alkanes of at least 4 members (excludes halogenated alkanes) is 10. The smallest absolute Gasteiger partial charge is 0.508 e. The van der Waals surface area contributed by atoms with Crippen molar-refractivity contribution in [2.45, 2.75) is 217 Å². The molecule has 0 aliphatic heterocycles. The van der Waals surface area contributed by atoms with Crippen molar-refractivity contribution in [3.8, 4) is 45.9 Å². The van der Waals surface area contributed by atoms with Crippen LogP contribution in [-0.4, -0.2) is 53.8 Å². The Morgan fingerprint density at radius 3 is 1.03 bits per heavy atom. The number of carbonyl (C=O) groups is 2. The van der Waals surface area contributed by atoms with E-state index in [-0.39, 0.29) is 52.9 Å². The van der Waals surface area contributed by atoms with Gasteiger partial charge >= 0.3 is 30.8 Å². The molecule has 0 bridgehead atoms. The molecule has 102 heavy (non-hydrogen) atoms. The number of carbonyl (C=O) groups excluding carboxylic acids is 1. The van der Waals surface area contributed by atoms with E-state index in [1.807, 2.05) is 97.1 Å². The normalized spacial score (nSPS) is 10.4. The summed E-state index contributed by atoms with van der Waals surface area (Å²) in [4.78, 5) is 23.2. The van der Waals surface area contributed by atoms with Crippen molar-refractivity contribution in [3.63, 3.8) is 0 Å². The number of aromatic carboxylic acids is 1. The minimum Gasteiger partial charge on any atom is -0.508 e. The fourth-order valence-corrected chi connectivity index (χ4v) is 18.2. The van der Waals surface area contributed by atoms with Crippen molar-refractivity contribution < 1.29 is 43.4 Å². The number of halogens is 4. The number of hydrogen-bond acceptors (Lipinski definition) is 6. The average Bonchev–Trinajstić information content (AvgIpc) is 0.878. The standard InChI is InChI=1S/C28H31NO2Si.C14H23BrSi.C13H9NO.C10H14O2Si.C8H19ClSi.C6H4Br2.C4H9.3CH4.Li/c1-4-5-6-7-20-32(2,3)27-18-14-25(15-19-27)28(30)31-26-16-12-24(13-17-26)23-10-8-22(21-29)9-11-23;1-4-5-6-7-12-16(2,3)14-10-8-13(15)9-11-14;14-9-10-1-3-11(4-2-10)12-5-7-13(15)8-6-12;1-13(2,3)9-6-4-8(5-7-9)10(11)12;1-4-5-6-7-8-10(2,3)9;7-5-1-2-6(8)4-3-5;1-3-4-2;;;;/h8-19H,4-7,20H2,1-3H3;8-11H,4-7,12H2,1-3H3;1-8,15H;4-7H,1-3H3,(H,11,12);4-8H2,1-3H3;1-4H;1,3-4H2,2H3;3*1H4;/q;;;;;;-1;;;;+1. The van der Waals surface area contributed by atoms with Crippen LogP contribution in [0.25, 0.3) is 22.3 Å². The van der Waals surface area contributed by atoms with E-state index in [1.165, 1.54) is 116 Å². The molecule has 0 spiro atoms. The van der Waals surface area contributed by atoms with Gasteiger partial charge in [-0.25, -0.2) is 9.59 Å². The number of carboxylic acids is 1. The predicted octanol–water partition coefficient (Wildman–Crippen LogP) is 24.5. The monoisotopic (exact) mass is 1650 g/mol. The number of nitrogens with zero attached hydrogens (tertiary/aromatic N) is 2. The molecule has 2 N–H and O–H groups in total. The third-order valence-corrected chi connectivity index (χ3v) is 29.0. The Morgan fingerprint density at radius 2 is 0.725 bits per heavy atom. The number of phenols is 1. The Labute approximate surface area is 665 Å². The van der Waals surface area contributed by atoms with E-state index < -0.39 is 37.6 Å².